The number of aryl methyl sites for hydroxylation is 1. The van der Waals surface area contributed by atoms with Crippen LogP contribution < -0.4 is 5.32 Å². The van der Waals surface area contributed by atoms with Gasteiger partial charge in [-0.2, -0.15) is 0 Å². The van der Waals surface area contributed by atoms with E-state index in [0.29, 0.717) is 5.78 Å². The second-order valence-corrected chi connectivity index (χ2v) is 8.94. The highest BCUT2D eigenvalue weighted by Gasteiger charge is 2.28. The summed E-state index contributed by atoms with van der Waals surface area (Å²) >= 11 is 0. The molecule has 0 aliphatic heterocycles. The first-order valence-electron chi connectivity index (χ1n) is 11.9. The van der Waals surface area contributed by atoms with Gasteiger partial charge in [-0.25, -0.2) is 0 Å². The number of ketones is 1. The molecule has 31 heavy (non-hydrogen) atoms. The second kappa shape index (κ2) is 12.0. The number of hydrogen-bond donors (Lipinski definition) is 1. The van der Waals surface area contributed by atoms with Crippen LogP contribution in [-0.4, -0.2) is 12.8 Å². The Morgan fingerprint density at radius 3 is 2.52 bits per heavy atom. The van der Waals surface area contributed by atoms with Gasteiger partial charge in [0.05, 0.1) is 0 Å². The van der Waals surface area contributed by atoms with Crippen LogP contribution in [0.25, 0.3) is 16.3 Å². The van der Waals surface area contributed by atoms with Crippen LogP contribution in [0.1, 0.15) is 77.0 Å². The molecule has 2 rings (SSSR count). The van der Waals surface area contributed by atoms with Gasteiger partial charge in [-0.15, -0.1) is 6.58 Å². The molecule has 0 radical (unpaired) electrons. The molecule has 2 atom stereocenters. The molecule has 2 nitrogen and oxygen atoms in total. The molecule has 0 aliphatic rings. The van der Waals surface area contributed by atoms with Gasteiger partial charge >= 0.3 is 0 Å². The van der Waals surface area contributed by atoms with E-state index in [1.807, 2.05) is 7.05 Å². The summed E-state index contributed by atoms with van der Waals surface area (Å²) in [7, 11) is 1.98. The molecule has 2 aromatic rings. The molecule has 168 valence electrons. The summed E-state index contributed by atoms with van der Waals surface area (Å²) in [5, 5.41) is 5.75. The Kier molecular flexibility index (Phi) is 9.71. The smallest absolute Gasteiger partial charge is 0.143 e. The molecule has 0 bridgehead atoms. The lowest BCUT2D eigenvalue weighted by Gasteiger charge is -2.26. The van der Waals surface area contributed by atoms with E-state index in [0.717, 1.165) is 44.2 Å². The van der Waals surface area contributed by atoms with E-state index in [1.165, 1.54) is 33.0 Å². The number of benzene rings is 2. The topological polar surface area (TPSA) is 29.1 Å². The van der Waals surface area contributed by atoms with E-state index in [2.05, 4.69) is 82.9 Å². The van der Waals surface area contributed by atoms with E-state index in [1.54, 1.807) is 0 Å². The summed E-state index contributed by atoms with van der Waals surface area (Å²) in [6, 6.07) is 11.3. The number of carbonyl (C=O) groups is 1. The number of fused-ring (bicyclic) bond motifs is 1. The Morgan fingerprint density at radius 2 is 1.94 bits per heavy atom. The Morgan fingerprint density at radius 1 is 1.19 bits per heavy atom. The first kappa shape index (κ1) is 25.1. The second-order valence-electron chi connectivity index (χ2n) is 8.94. The minimum absolute atomic E-state index is 0.0666. The fraction of sp³-hybridized carbons (Fsp3) is 0.483. The maximum atomic E-state index is 13.5. The molecule has 2 aromatic carbocycles. The molecular weight excluding hydrogens is 378 g/mol. The van der Waals surface area contributed by atoms with E-state index in [-0.39, 0.29) is 11.8 Å². The fourth-order valence-electron chi connectivity index (χ4n) is 4.46. The summed E-state index contributed by atoms with van der Waals surface area (Å²) in [5.74, 6) is 0.342. The van der Waals surface area contributed by atoms with Crippen LogP contribution in [0.5, 0.6) is 0 Å². The van der Waals surface area contributed by atoms with Crippen molar-refractivity contribution in [3.05, 3.63) is 65.3 Å². The molecule has 0 aliphatic carbocycles. The third kappa shape index (κ3) is 6.17. The van der Waals surface area contributed by atoms with Crippen LogP contribution in [0.3, 0.4) is 0 Å². The zero-order chi connectivity index (χ0) is 23.0. The Labute approximate surface area is 189 Å². The summed E-state index contributed by atoms with van der Waals surface area (Å²) in [6.45, 7) is 15.5. The van der Waals surface area contributed by atoms with Crippen molar-refractivity contribution in [3.63, 3.8) is 0 Å². The van der Waals surface area contributed by atoms with Crippen LogP contribution in [0, 0.1) is 11.8 Å². The van der Waals surface area contributed by atoms with Crippen LogP contribution in [-0.2, 0) is 17.8 Å². The van der Waals surface area contributed by atoms with Crippen molar-refractivity contribution in [1.29, 1.82) is 0 Å². The molecule has 2 unspecified atom stereocenters. The average Bonchev–Trinajstić information content (AvgIpc) is 2.76. The van der Waals surface area contributed by atoms with Crippen LogP contribution in [0.15, 0.2) is 48.6 Å². The zero-order valence-electron chi connectivity index (χ0n) is 20.5. The largest absolute Gasteiger partial charge is 0.316 e. The molecule has 0 saturated carbocycles. The summed E-state index contributed by atoms with van der Waals surface area (Å²) in [4.78, 5) is 13.5. The van der Waals surface area contributed by atoms with Gasteiger partial charge in [-0.3, -0.25) is 4.79 Å². The highest BCUT2D eigenvalue weighted by Crippen LogP contribution is 2.38. The molecule has 0 heterocycles. The quantitative estimate of drug-likeness (QED) is 0.361. The van der Waals surface area contributed by atoms with Crippen LogP contribution in [0.2, 0.25) is 0 Å². The molecule has 0 amide bonds. The predicted molar refractivity (Wildman–Crippen MR) is 136 cm³/mol. The van der Waals surface area contributed by atoms with Crippen LogP contribution >= 0.6 is 0 Å². The summed E-state index contributed by atoms with van der Waals surface area (Å²) in [6.07, 6.45) is 6.89. The summed E-state index contributed by atoms with van der Waals surface area (Å²) < 4.78 is 0. The Bertz CT molecular complexity index is 937. The van der Waals surface area contributed by atoms with Crippen molar-refractivity contribution in [2.24, 2.45) is 11.8 Å². The van der Waals surface area contributed by atoms with Crippen molar-refractivity contribution in [3.8, 4) is 0 Å². The average molecular weight is 420 g/mol. The summed E-state index contributed by atoms with van der Waals surface area (Å²) in [5.41, 5.74) is 6.24. The number of carbonyl (C=O) groups excluding carboxylic acids is 1. The third-order valence-electron chi connectivity index (χ3n) is 6.35. The molecule has 0 fully saturated rings. The van der Waals surface area contributed by atoms with Crippen molar-refractivity contribution in [2.75, 3.05) is 7.05 Å². The maximum absolute atomic E-state index is 13.5. The Hall–Kier alpha value is -2.19. The number of rotatable bonds is 12. The number of Topliss-reactive ketones (excluding diaryl/α,β-unsaturated/α-hetero) is 1. The van der Waals surface area contributed by atoms with Gasteiger partial charge in [-0.1, -0.05) is 63.1 Å². The number of hydrogen-bond acceptors (Lipinski definition) is 2. The van der Waals surface area contributed by atoms with E-state index in [9.17, 15) is 4.79 Å². The van der Waals surface area contributed by atoms with E-state index < -0.39 is 0 Å². The molecule has 0 saturated heterocycles. The highest BCUT2D eigenvalue weighted by atomic mass is 16.1. The SMILES string of the molecule is C=C(C)CCC(C(=O)C(C)CC)/C(=C/C)c1c(CCC)ccc2cc(CNC)ccc12. The standard InChI is InChI=1S/C29H41NO/c1-8-11-23-14-15-24-18-22(19-30-7)13-17-26(24)28(23)25(10-3)27(16-12-20(4)5)29(31)21(6)9-2/h10,13-15,17-18,21,27,30H,4,8-9,11-12,16,19H2,1-3,5-7H3/b25-10-. The third-order valence-corrected chi connectivity index (χ3v) is 6.35. The van der Waals surface area contributed by atoms with Crippen molar-refractivity contribution in [2.45, 2.75) is 73.3 Å². The lowest BCUT2D eigenvalue weighted by Crippen LogP contribution is -2.23. The van der Waals surface area contributed by atoms with Gasteiger partial charge in [-0.05, 0) is 85.7 Å². The molecule has 0 spiro atoms. The normalized spacial score (nSPS) is 13.9. The lowest BCUT2D eigenvalue weighted by atomic mass is 9.77. The maximum Gasteiger partial charge on any atom is 0.143 e. The van der Waals surface area contributed by atoms with E-state index >= 15 is 0 Å². The van der Waals surface area contributed by atoms with Crippen molar-refractivity contribution < 1.29 is 4.79 Å². The van der Waals surface area contributed by atoms with Crippen LogP contribution in [0.4, 0.5) is 0 Å². The van der Waals surface area contributed by atoms with Gasteiger partial charge in [0.1, 0.15) is 5.78 Å². The van der Waals surface area contributed by atoms with Gasteiger partial charge in [0.15, 0.2) is 0 Å². The fourth-order valence-corrected chi connectivity index (χ4v) is 4.46. The monoisotopic (exact) mass is 419 g/mol. The van der Waals surface area contributed by atoms with E-state index in [4.69, 9.17) is 0 Å². The first-order valence-corrected chi connectivity index (χ1v) is 11.9. The lowest BCUT2D eigenvalue weighted by molar-refractivity contribution is -0.124. The molecular formula is C29H41NO. The van der Waals surface area contributed by atoms with Crippen molar-refractivity contribution in [1.82, 2.24) is 5.32 Å². The molecule has 2 heteroatoms. The van der Waals surface area contributed by atoms with Gasteiger partial charge < -0.3 is 5.32 Å². The number of nitrogens with one attached hydrogen (secondary N) is 1. The van der Waals surface area contributed by atoms with Gasteiger partial charge in [0, 0.05) is 18.4 Å². The Balaban J connectivity index is 2.69. The molecule has 0 aromatic heterocycles. The molecule has 1 N–H and O–H groups in total. The minimum Gasteiger partial charge on any atom is -0.316 e. The zero-order valence-corrected chi connectivity index (χ0v) is 20.5. The van der Waals surface area contributed by atoms with Crippen molar-refractivity contribution >= 4 is 22.1 Å². The predicted octanol–water partition coefficient (Wildman–Crippen LogP) is 7.50. The minimum atomic E-state index is -0.0881. The highest BCUT2D eigenvalue weighted by molar-refractivity contribution is 6.02. The number of allylic oxidation sites excluding steroid dienone is 3. The van der Waals surface area contributed by atoms with Gasteiger partial charge in [0.2, 0.25) is 0 Å². The van der Waals surface area contributed by atoms with Gasteiger partial charge in [0.25, 0.3) is 0 Å². The first-order chi connectivity index (χ1) is 14.9.